The van der Waals surface area contributed by atoms with E-state index in [1.807, 2.05) is 6.08 Å². The van der Waals surface area contributed by atoms with Crippen molar-refractivity contribution >= 4 is 13.7 Å². The van der Waals surface area contributed by atoms with E-state index < -0.39 is 75.2 Å². The average molecular weight is 794 g/mol. The molecule has 1 amide bonds. The number of carbonyl (C=O) groups excluding carboxylic acids is 1. The number of carbonyl (C=O) groups is 1. The summed E-state index contributed by atoms with van der Waals surface area (Å²) in [6, 6.07) is -1.25. The SMILES string of the molecule is CCCC/C=C/CC/C=C/C(O)C(COP(=O)(O)OC1C(O)C(O)C(O)C(O)C1O)NC(=O)CC(O)CCCCCCCCCCCCCCCCCC. The highest BCUT2D eigenvalue weighted by Gasteiger charge is 2.51. The van der Waals surface area contributed by atoms with Gasteiger partial charge in [-0.25, -0.2) is 4.57 Å². The van der Waals surface area contributed by atoms with Crippen LogP contribution < -0.4 is 5.32 Å². The van der Waals surface area contributed by atoms with Crippen molar-refractivity contribution in [1.29, 1.82) is 0 Å². The Balaban J connectivity index is 2.53. The number of rotatable bonds is 33. The third-order valence-electron chi connectivity index (χ3n) is 10.0. The van der Waals surface area contributed by atoms with Crippen LogP contribution in [0.15, 0.2) is 24.3 Å². The summed E-state index contributed by atoms with van der Waals surface area (Å²) < 4.78 is 22.7. The fraction of sp³-hybridized carbons (Fsp3) is 0.875. The molecular weight excluding hydrogens is 717 g/mol. The molecule has 9 N–H and O–H groups in total. The molecule has 0 radical (unpaired) electrons. The molecule has 0 bridgehead atoms. The third-order valence-corrected chi connectivity index (χ3v) is 11.0. The van der Waals surface area contributed by atoms with Crippen molar-refractivity contribution in [3.63, 3.8) is 0 Å². The molecule has 14 heteroatoms. The summed E-state index contributed by atoms with van der Waals surface area (Å²) in [5, 5.41) is 74.0. The monoisotopic (exact) mass is 794 g/mol. The van der Waals surface area contributed by atoms with Gasteiger partial charge in [0.1, 0.15) is 36.6 Å². The zero-order valence-electron chi connectivity index (χ0n) is 33.1. The van der Waals surface area contributed by atoms with Gasteiger partial charge in [-0.1, -0.05) is 154 Å². The summed E-state index contributed by atoms with van der Waals surface area (Å²) in [6.45, 7) is 3.62. The fourth-order valence-electron chi connectivity index (χ4n) is 6.54. The topological polar surface area (TPSA) is 226 Å². The minimum absolute atomic E-state index is 0.250. The highest BCUT2D eigenvalue weighted by molar-refractivity contribution is 7.47. The molecule has 54 heavy (non-hydrogen) atoms. The number of phosphoric ester groups is 1. The normalized spacial score (nSPS) is 24.9. The quantitative estimate of drug-likeness (QED) is 0.0224. The Morgan fingerprint density at radius 3 is 1.61 bits per heavy atom. The van der Waals surface area contributed by atoms with Gasteiger partial charge >= 0.3 is 7.82 Å². The van der Waals surface area contributed by atoms with Crippen LogP contribution in [0.25, 0.3) is 0 Å². The molecule has 0 saturated heterocycles. The van der Waals surface area contributed by atoms with Gasteiger partial charge in [-0.05, 0) is 25.7 Å². The van der Waals surface area contributed by atoms with Crippen molar-refractivity contribution in [3.8, 4) is 0 Å². The molecule has 1 saturated carbocycles. The Labute approximate surface area is 324 Å². The van der Waals surface area contributed by atoms with Gasteiger partial charge in [0.15, 0.2) is 0 Å². The van der Waals surface area contributed by atoms with Crippen LogP contribution in [0.4, 0.5) is 0 Å². The molecule has 0 spiro atoms. The van der Waals surface area contributed by atoms with Crippen LogP contribution in [0.1, 0.15) is 162 Å². The molecule has 0 heterocycles. The van der Waals surface area contributed by atoms with Crippen LogP contribution in [0.3, 0.4) is 0 Å². The van der Waals surface area contributed by atoms with Crippen molar-refractivity contribution in [2.75, 3.05) is 6.61 Å². The number of aliphatic hydroxyl groups is 7. The van der Waals surface area contributed by atoms with Gasteiger partial charge in [-0.2, -0.15) is 0 Å². The minimum Gasteiger partial charge on any atom is -0.393 e. The van der Waals surface area contributed by atoms with Crippen LogP contribution in [0.5, 0.6) is 0 Å². The summed E-state index contributed by atoms with van der Waals surface area (Å²) in [5.74, 6) is -0.606. The lowest BCUT2D eigenvalue weighted by atomic mass is 9.85. The minimum atomic E-state index is -5.13. The van der Waals surface area contributed by atoms with E-state index in [-0.39, 0.29) is 6.42 Å². The number of allylic oxidation sites excluding steroid dienone is 3. The molecule has 0 aliphatic heterocycles. The smallest absolute Gasteiger partial charge is 0.393 e. The first-order valence-corrected chi connectivity index (χ1v) is 22.4. The van der Waals surface area contributed by atoms with Crippen LogP contribution in [-0.2, 0) is 18.4 Å². The summed E-state index contributed by atoms with van der Waals surface area (Å²) in [6.07, 6.45) is 17.5. The van der Waals surface area contributed by atoms with Crippen LogP contribution in [0.2, 0.25) is 0 Å². The molecule has 318 valence electrons. The maximum atomic E-state index is 12.9. The molecule has 1 rings (SSSR count). The molecule has 1 aliphatic carbocycles. The van der Waals surface area contributed by atoms with Crippen molar-refractivity contribution in [1.82, 2.24) is 5.32 Å². The van der Waals surface area contributed by atoms with Gasteiger partial charge in [0.2, 0.25) is 5.91 Å². The summed E-state index contributed by atoms with van der Waals surface area (Å²) in [7, 11) is -5.13. The van der Waals surface area contributed by atoms with Gasteiger partial charge in [-0.15, -0.1) is 0 Å². The van der Waals surface area contributed by atoms with E-state index in [1.54, 1.807) is 6.08 Å². The molecule has 1 aliphatic rings. The molecule has 13 nitrogen and oxygen atoms in total. The summed E-state index contributed by atoms with van der Waals surface area (Å²) >= 11 is 0. The van der Waals surface area contributed by atoms with Gasteiger partial charge in [-0.3, -0.25) is 13.8 Å². The van der Waals surface area contributed by atoms with Crippen LogP contribution >= 0.6 is 7.82 Å². The predicted octanol–water partition coefficient (Wildman–Crippen LogP) is 5.64. The van der Waals surface area contributed by atoms with E-state index in [9.17, 15) is 50.0 Å². The zero-order valence-corrected chi connectivity index (χ0v) is 34.0. The van der Waals surface area contributed by atoms with Crippen LogP contribution in [0, 0.1) is 0 Å². The van der Waals surface area contributed by atoms with Crippen LogP contribution in [-0.4, -0.2) is 108 Å². The second-order valence-corrected chi connectivity index (χ2v) is 16.4. The number of hydrogen-bond acceptors (Lipinski definition) is 11. The van der Waals surface area contributed by atoms with E-state index in [0.29, 0.717) is 12.8 Å². The second-order valence-electron chi connectivity index (χ2n) is 15.0. The van der Waals surface area contributed by atoms with Gasteiger partial charge in [0, 0.05) is 0 Å². The van der Waals surface area contributed by atoms with Gasteiger partial charge < -0.3 is 46.0 Å². The molecule has 0 aromatic carbocycles. The zero-order chi connectivity index (χ0) is 40.2. The molecule has 8 unspecified atom stereocenters. The molecule has 0 aromatic heterocycles. The lowest BCUT2D eigenvalue weighted by molar-refractivity contribution is -0.220. The standard InChI is InChI=1S/C40H76NO12P/c1-3-5-7-9-11-13-14-15-16-17-18-19-20-21-23-25-27-31(42)29-34(44)41-32(33(43)28-26-24-22-12-10-8-6-4-2)30-52-54(50,51)53-40-38(48)36(46)35(45)37(47)39(40)49/h10,12,26,28,31-33,35-40,42-43,45-49H,3-9,11,13-25,27,29-30H2,1-2H3,(H,41,44)(H,50,51)/b12-10+,28-26+. The highest BCUT2D eigenvalue weighted by Crippen LogP contribution is 2.47. The number of hydrogen-bond donors (Lipinski definition) is 9. The Bertz CT molecular complexity index is 1030. The van der Waals surface area contributed by atoms with Crippen molar-refractivity contribution in [2.45, 2.75) is 216 Å². The van der Waals surface area contributed by atoms with E-state index in [1.165, 1.54) is 83.1 Å². The summed E-state index contributed by atoms with van der Waals surface area (Å²) in [5.41, 5.74) is 0. The second kappa shape index (κ2) is 30.9. The number of phosphoric acid groups is 1. The third kappa shape index (κ3) is 23.1. The Morgan fingerprint density at radius 1 is 0.648 bits per heavy atom. The molecule has 8 atom stereocenters. The average Bonchev–Trinajstić information content (AvgIpc) is 3.14. The van der Waals surface area contributed by atoms with Crippen molar-refractivity contribution in [2.24, 2.45) is 0 Å². The lowest BCUT2D eigenvalue weighted by Crippen LogP contribution is -2.64. The largest absolute Gasteiger partial charge is 0.472 e. The lowest BCUT2D eigenvalue weighted by Gasteiger charge is -2.41. The number of amides is 1. The van der Waals surface area contributed by atoms with E-state index in [2.05, 4.69) is 25.2 Å². The molecule has 1 fully saturated rings. The van der Waals surface area contributed by atoms with E-state index >= 15 is 0 Å². The van der Waals surface area contributed by atoms with E-state index in [4.69, 9.17) is 9.05 Å². The number of unbranched alkanes of at least 4 members (excludes halogenated alkanes) is 18. The Hall–Kier alpha value is -1.22. The molecular formula is C40H76NO12P. The Kier molecular flexibility index (Phi) is 29.0. The summed E-state index contributed by atoms with van der Waals surface area (Å²) in [4.78, 5) is 23.3. The first kappa shape index (κ1) is 50.8. The van der Waals surface area contributed by atoms with E-state index in [0.717, 1.165) is 51.4 Å². The Morgan fingerprint density at radius 2 is 1.09 bits per heavy atom. The fourth-order valence-corrected chi connectivity index (χ4v) is 7.50. The highest BCUT2D eigenvalue weighted by atomic mass is 31.2. The van der Waals surface area contributed by atoms with Crippen molar-refractivity contribution < 1.29 is 59.0 Å². The number of aliphatic hydroxyl groups excluding tert-OH is 7. The maximum absolute atomic E-state index is 12.9. The van der Waals surface area contributed by atoms with Gasteiger partial charge in [0.25, 0.3) is 0 Å². The predicted molar refractivity (Wildman–Crippen MR) is 210 cm³/mol. The maximum Gasteiger partial charge on any atom is 0.472 e. The first-order valence-electron chi connectivity index (χ1n) is 20.9. The van der Waals surface area contributed by atoms with Gasteiger partial charge in [0.05, 0.1) is 31.3 Å². The first-order chi connectivity index (χ1) is 25.8. The number of nitrogens with one attached hydrogen (secondary N) is 1. The van der Waals surface area contributed by atoms with Crippen molar-refractivity contribution in [3.05, 3.63) is 24.3 Å². The molecule has 0 aromatic rings.